The molecule has 3 N–H and O–H groups in total. The lowest BCUT2D eigenvalue weighted by Gasteiger charge is -2.17. The second-order valence-corrected chi connectivity index (χ2v) is 6.52. The molecule has 0 heterocycles. The Labute approximate surface area is 169 Å². The lowest BCUT2D eigenvalue weighted by Crippen LogP contribution is -2.27. The molecule has 29 heavy (non-hydrogen) atoms. The highest BCUT2D eigenvalue weighted by Crippen LogP contribution is 2.27. The second kappa shape index (κ2) is 9.52. The molecule has 0 aliphatic heterocycles. The minimum atomic E-state index is -0.698. The molecule has 0 radical (unpaired) electrons. The molecule has 3 aromatic rings. The van der Waals surface area contributed by atoms with Crippen LogP contribution in [-0.4, -0.2) is 24.1 Å². The van der Waals surface area contributed by atoms with Gasteiger partial charge in [0.05, 0.1) is 19.4 Å². The van der Waals surface area contributed by atoms with Crippen molar-refractivity contribution < 1.29 is 19.5 Å². The number of benzene rings is 3. The fourth-order valence-electron chi connectivity index (χ4n) is 3.17. The van der Waals surface area contributed by atoms with Crippen molar-refractivity contribution in [3.8, 4) is 5.75 Å². The Hall–Kier alpha value is -3.64. The van der Waals surface area contributed by atoms with Crippen LogP contribution in [0.2, 0.25) is 0 Å². The largest absolute Gasteiger partial charge is 0.497 e. The van der Waals surface area contributed by atoms with Crippen LogP contribution < -0.4 is 15.5 Å². The van der Waals surface area contributed by atoms with Crippen LogP contribution in [0, 0.1) is 0 Å². The summed E-state index contributed by atoms with van der Waals surface area (Å²) in [4.78, 5) is 24.7. The van der Waals surface area contributed by atoms with Gasteiger partial charge in [-0.05, 0) is 41.0 Å². The number of rotatable bonds is 7. The van der Waals surface area contributed by atoms with Gasteiger partial charge in [0.25, 0.3) is 5.91 Å². The molecule has 0 spiro atoms. The van der Waals surface area contributed by atoms with Crippen LogP contribution in [0.5, 0.6) is 5.75 Å². The zero-order valence-electron chi connectivity index (χ0n) is 16.0. The highest BCUT2D eigenvalue weighted by atomic mass is 16.5. The van der Waals surface area contributed by atoms with E-state index < -0.39 is 11.8 Å². The van der Waals surface area contributed by atoms with E-state index in [2.05, 4.69) is 5.32 Å². The molecule has 6 heteroatoms. The molecule has 0 bridgehead atoms. The standard InChI is InChI=1S/C23H22N2O4/c1-29-20-12-5-7-16(13-20)14-21(26)24-19-11-6-10-18(15-19)22(23(27)25-28)17-8-3-2-4-9-17/h2-13,15,22,28H,14H2,1H3,(H,24,26)(H,25,27). The van der Waals surface area contributed by atoms with Gasteiger partial charge in [0, 0.05) is 5.69 Å². The van der Waals surface area contributed by atoms with Crippen LogP contribution in [0.4, 0.5) is 5.69 Å². The summed E-state index contributed by atoms with van der Waals surface area (Å²) in [7, 11) is 1.58. The van der Waals surface area contributed by atoms with E-state index in [1.54, 1.807) is 36.9 Å². The molecule has 1 atom stereocenters. The quantitative estimate of drug-likeness (QED) is 0.426. The van der Waals surface area contributed by atoms with E-state index in [-0.39, 0.29) is 12.3 Å². The summed E-state index contributed by atoms with van der Waals surface area (Å²) in [6, 6.07) is 23.5. The van der Waals surface area contributed by atoms with Gasteiger partial charge in [-0.2, -0.15) is 0 Å². The third kappa shape index (κ3) is 5.21. The highest BCUT2D eigenvalue weighted by molar-refractivity contribution is 5.93. The lowest BCUT2D eigenvalue weighted by atomic mass is 9.90. The molecule has 6 nitrogen and oxygen atoms in total. The van der Waals surface area contributed by atoms with Crippen molar-refractivity contribution >= 4 is 17.5 Å². The first-order valence-corrected chi connectivity index (χ1v) is 9.12. The van der Waals surface area contributed by atoms with Gasteiger partial charge in [0.15, 0.2) is 0 Å². The maximum Gasteiger partial charge on any atom is 0.255 e. The first kappa shape index (κ1) is 20.1. The zero-order chi connectivity index (χ0) is 20.6. The number of anilines is 1. The Kier molecular flexibility index (Phi) is 6.60. The molecule has 0 saturated heterocycles. The maximum atomic E-state index is 12.5. The molecule has 0 saturated carbocycles. The predicted octanol–water partition coefficient (Wildman–Crippen LogP) is 3.51. The van der Waals surface area contributed by atoms with E-state index in [0.717, 1.165) is 11.1 Å². The smallest absolute Gasteiger partial charge is 0.255 e. The van der Waals surface area contributed by atoms with Crippen molar-refractivity contribution in [1.82, 2.24) is 5.48 Å². The van der Waals surface area contributed by atoms with Gasteiger partial charge in [0.1, 0.15) is 5.75 Å². The van der Waals surface area contributed by atoms with Crippen LogP contribution in [-0.2, 0) is 16.0 Å². The summed E-state index contributed by atoms with van der Waals surface area (Å²) >= 11 is 0. The number of carbonyl (C=O) groups excluding carboxylic acids is 2. The van der Waals surface area contributed by atoms with E-state index in [0.29, 0.717) is 17.0 Å². The summed E-state index contributed by atoms with van der Waals surface area (Å²) in [5.41, 5.74) is 4.52. The number of ether oxygens (including phenoxy) is 1. The minimum Gasteiger partial charge on any atom is -0.497 e. The van der Waals surface area contributed by atoms with Crippen molar-refractivity contribution in [1.29, 1.82) is 0 Å². The number of methoxy groups -OCH3 is 1. The highest BCUT2D eigenvalue weighted by Gasteiger charge is 2.22. The van der Waals surface area contributed by atoms with Gasteiger partial charge in [-0.1, -0.05) is 54.6 Å². The van der Waals surface area contributed by atoms with Crippen LogP contribution in [0.15, 0.2) is 78.9 Å². The number of hydroxylamine groups is 1. The lowest BCUT2D eigenvalue weighted by molar-refractivity contribution is -0.129. The Morgan fingerprint density at radius 2 is 1.66 bits per heavy atom. The van der Waals surface area contributed by atoms with Crippen molar-refractivity contribution in [2.24, 2.45) is 0 Å². The van der Waals surface area contributed by atoms with E-state index in [1.807, 2.05) is 54.6 Å². The van der Waals surface area contributed by atoms with E-state index in [1.165, 1.54) is 0 Å². The van der Waals surface area contributed by atoms with Crippen LogP contribution in [0.3, 0.4) is 0 Å². The first-order valence-electron chi connectivity index (χ1n) is 9.12. The SMILES string of the molecule is COc1cccc(CC(=O)Nc2cccc(C(C(=O)NO)c3ccccc3)c2)c1. The van der Waals surface area contributed by atoms with Crippen molar-refractivity contribution in [2.75, 3.05) is 12.4 Å². The maximum absolute atomic E-state index is 12.5. The van der Waals surface area contributed by atoms with Gasteiger partial charge in [-0.15, -0.1) is 0 Å². The molecule has 3 aromatic carbocycles. The summed E-state index contributed by atoms with van der Waals surface area (Å²) in [6.07, 6.45) is 0.195. The third-order valence-corrected chi connectivity index (χ3v) is 4.51. The van der Waals surface area contributed by atoms with Gasteiger partial charge < -0.3 is 10.1 Å². The van der Waals surface area contributed by atoms with Gasteiger partial charge >= 0.3 is 0 Å². The number of amides is 2. The van der Waals surface area contributed by atoms with E-state index in [9.17, 15) is 9.59 Å². The monoisotopic (exact) mass is 390 g/mol. The summed E-state index contributed by atoms with van der Waals surface area (Å²) in [5, 5.41) is 12.0. The second-order valence-electron chi connectivity index (χ2n) is 6.52. The van der Waals surface area contributed by atoms with Crippen molar-refractivity contribution in [2.45, 2.75) is 12.3 Å². The number of hydrogen-bond donors (Lipinski definition) is 3. The number of nitrogens with one attached hydrogen (secondary N) is 2. The van der Waals surface area contributed by atoms with E-state index in [4.69, 9.17) is 9.94 Å². The summed E-state index contributed by atoms with van der Waals surface area (Å²) < 4.78 is 5.18. The average Bonchev–Trinajstić information content (AvgIpc) is 2.75. The molecule has 0 aromatic heterocycles. The van der Waals surface area contributed by atoms with Crippen molar-refractivity contribution in [3.63, 3.8) is 0 Å². The first-order chi connectivity index (χ1) is 14.1. The van der Waals surface area contributed by atoms with Gasteiger partial charge in [-0.3, -0.25) is 14.8 Å². The van der Waals surface area contributed by atoms with E-state index >= 15 is 0 Å². The third-order valence-electron chi connectivity index (χ3n) is 4.51. The fraction of sp³-hybridized carbons (Fsp3) is 0.130. The summed E-state index contributed by atoms with van der Waals surface area (Å²) in [5.74, 6) is -0.733. The topological polar surface area (TPSA) is 87.7 Å². The van der Waals surface area contributed by atoms with Gasteiger partial charge in [-0.25, -0.2) is 5.48 Å². The number of hydrogen-bond acceptors (Lipinski definition) is 4. The molecular weight excluding hydrogens is 368 g/mol. The Morgan fingerprint density at radius 3 is 2.38 bits per heavy atom. The molecule has 0 fully saturated rings. The summed E-state index contributed by atoms with van der Waals surface area (Å²) in [6.45, 7) is 0. The Bertz CT molecular complexity index is 989. The molecule has 3 rings (SSSR count). The molecule has 2 amide bonds. The molecule has 1 unspecified atom stereocenters. The van der Waals surface area contributed by atoms with Crippen LogP contribution >= 0.6 is 0 Å². The fourth-order valence-corrected chi connectivity index (χ4v) is 3.17. The van der Waals surface area contributed by atoms with Crippen LogP contribution in [0.1, 0.15) is 22.6 Å². The van der Waals surface area contributed by atoms with Crippen molar-refractivity contribution in [3.05, 3.63) is 95.6 Å². The normalized spacial score (nSPS) is 11.4. The number of carbonyl (C=O) groups is 2. The predicted molar refractivity (Wildman–Crippen MR) is 110 cm³/mol. The molecular formula is C23H22N2O4. The average molecular weight is 390 g/mol. The Balaban J connectivity index is 1.79. The molecule has 0 aliphatic rings. The Morgan fingerprint density at radius 1 is 0.931 bits per heavy atom. The molecule has 0 aliphatic carbocycles. The zero-order valence-corrected chi connectivity index (χ0v) is 16.0. The minimum absolute atomic E-state index is 0.182. The van der Waals surface area contributed by atoms with Gasteiger partial charge in [0.2, 0.25) is 5.91 Å². The van der Waals surface area contributed by atoms with Crippen LogP contribution in [0.25, 0.3) is 0 Å². The molecule has 148 valence electrons.